The number of nitrogens with one attached hydrogen (secondary N) is 1. The van der Waals surface area contributed by atoms with E-state index in [1.165, 1.54) is 10.5 Å². The first-order chi connectivity index (χ1) is 10.1. The maximum absolute atomic E-state index is 5.63. The molecule has 0 aromatic heterocycles. The molecule has 0 aliphatic carbocycles. The summed E-state index contributed by atoms with van der Waals surface area (Å²) in [6, 6.07) is 8.86. The Hall–Kier alpha value is -0.510. The Labute approximate surface area is 135 Å². The smallest absolute Gasteiger partial charge is 0.0560 e. The molecule has 0 atom stereocenters. The summed E-state index contributed by atoms with van der Waals surface area (Å²) in [6.07, 6.45) is 1.16. The van der Waals surface area contributed by atoms with E-state index in [2.05, 4.69) is 57.3 Å². The zero-order valence-corrected chi connectivity index (χ0v) is 14.8. The van der Waals surface area contributed by atoms with E-state index in [1.54, 1.807) is 0 Å². The van der Waals surface area contributed by atoms with Gasteiger partial charge in [0.25, 0.3) is 0 Å². The molecule has 120 valence electrons. The third-order valence-electron chi connectivity index (χ3n) is 3.14. The molecule has 0 saturated heterocycles. The molecule has 0 aliphatic rings. The minimum Gasteiger partial charge on any atom is -0.381 e. The van der Waals surface area contributed by atoms with Gasteiger partial charge >= 0.3 is 0 Å². The predicted octanol–water partition coefficient (Wildman–Crippen LogP) is 4.59. The monoisotopic (exact) mass is 309 g/mol. The van der Waals surface area contributed by atoms with Crippen LogP contribution in [0.5, 0.6) is 0 Å². The minimum absolute atomic E-state index is 0.704. The second-order valence-corrected chi connectivity index (χ2v) is 7.48. The lowest BCUT2D eigenvalue weighted by Gasteiger charge is -2.08. The Morgan fingerprint density at radius 2 is 1.71 bits per heavy atom. The fourth-order valence-electron chi connectivity index (χ4n) is 1.85. The minimum atomic E-state index is 0.704. The van der Waals surface area contributed by atoms with Crippen molar-refractivity contribution in [3.05, 3.63) is 29.8 Å². The normalized spacial score (nSPS) is 11.5. The number of hydrogen-bond acceptors (Lipinski definition) is 3. The SMILES string of the molecule is CC(C)CCOCCSc1ccc(CNCC(C)C)cc1. The highest BCUT2D eigenvalue weighted by molar-refractivity contribution is 7.99. The summed E-state index contributed by atoms with van der Waals surface area (Å²) >= 11 is 1.87. The Kier molecular flexibility index (Phi) is 9.81. The maximum atomic E-state index is 5.63. The third-order valence-corrected chi connectivity index (χ3v) is 4.12. The highest BCUT2D eigenvalue weighted by Crippen LogP contribution is 2.18. The van der Waals surface area contributed by atoms with E-state index in [9.17, 15) is 0 Å². The van der Waals surface area contributed by atoms with Crippen molar-refractivity contribution in [3.8, 4) is 0 Å². The van der Waals surface area contributed by atoms with Gasteiger partial charge in [0.1, 0.15) is 0 Å². The lowest BCUT2D eigenvalue weighted by Crippen LogP contribution is -2.18. The molecule has 1 N–H and O–H groups in total. The van der Waals surface area contributed by atoms with Crippen LogP contribution in [0.1, 0.15) is 39.7 Å². The van der Waals surface area contributed by atoms with Crippen LogP contribution in [0.4, 0.5) is 0 Å². The largest absolute Gasteiger partial charge is 0.381 e. The molecule has 2 nitrogen and oxygen atoms in total. The summed E-state index contributed by atoms with van der Waals surface area (Å²) < 4.78 is 5.63. The van der Waals surface area contributed by atoms with E-state index in [4.69, 9.17) is 4.74 Å². The number of hydrogen-bond donors (Lipinski definition) is 1. The lowest BCUT2D eigenvalue weighted by atomic mass is 10.1. The highest BCUT2D eigenvalue weighted by Gasteiger charge is 1.98. The number of thioether (sulfide) groups is 1. The van der Waals surface area contributed by atoms with E-state index in [-0.39, 0.29) is 0 Å². The van der Waals surface area contributed by atoms with Gasteiger partial charge in [-0.1, -0.05) is 39.8 Å². The first kappa shape index (κ1) is 18.5. The van der Waals surface area contributed by atoms with Gasteiger partial charge in [0.15, 0.2) is 0 Å². The van der Waals surface area contributed by atoms with Crippen molar-refractivity contribution in [2.75, 3.05) is 25.5 Å². The van der Waals surface area contributed by atoms with Crippen LogP contribution < -0.4 is 5.32 Å². The summed E-state index contributed by atoms with van der Waals surface area (Å²) in [5, 5.41) is 3.47. The molecule has 0 aliphatic heterocycles. The van der Waals surface area contributed by atoms with Crippen LogP contribution in [0.25, 0.3) is 0 Å². The van der Waals surface area contributed by atoms with Crippen molar-refractivity contribution < 1.29 is 4.74 Å². The first-order valence-electron chi connectivity index (χ1n) is 8.08. The van der Waals surface area contributed by atoms with Gasteiger partial charge in [-0.05, 0) is 42.5 Å². The standard InChI is InChI=1S/C18H31NOS/c1-15(2)9-10-20-11-12-21-18-7-5-17(6-8-18)14-19-13-16(3)4/h5-8,15-16,19H,9-14H2,1-4H3. The second kappa shape index (κ2) is 11.1. The van der Waals surface area contributed by atoms with Gasteiger partial charge in [-0.15, -0.1) is 11.8 Å². The summed E-state index contributed by atoms with van der Waals surface area (Å²) in [5.41, 5.74) is 1.35. The fraction of sp³-hybridized carbons (Fsp3) is 0.667. The second-order valence-electron chi connectivity index (χ2n) is 6.31. The van der Waals surface area contributed by atoms with Gasteiger partial charge in [0.2, 0.25) is 0 Å². The van der Waals surface area contributed by atoms with Crippen LogP contribution in [0.15, 0.2) is 29.2 Å². The van der Waals surface area contributed by atoms with Crippen LogP contribution in [0.3, 0.4) is 0 Å². The van der Waals surface area contributed by atoms with Crippen LogP contribution in [0.2, 0.25) is 0 Å². The summed E-state index contributed by atoms with van der Waals surface area (Å²) in [7, 11) is 0. The molecule has 21 heavy (non-hydrogen) atoms. The van der Waals surface area contributed by atoms with Crippen LogP contribution in [-0.4, -0.2) is 25.5 Å². The zero-order valence-electron chi connectivity index (χ0n) is 14.0. The topological polar surface area (TPSA) is 21.3 Å². The quantitative estimate of drug-likeness (QED) is 0.477. The van der Waals surface area contributed by atoms with Gasteiger partial charge in [-0.25, -0.2) is 0 Å². The zero-order chi connectivity index (χ0) is 15.5. The van der Waals surface area contributed by atoms with Crippen LogP contribution in [-0.2, 0) is 11.3 Å². The van der Waals surface area contributed by atoms with Crippen LogP contribution >= 0.6 is 11.8 Å². The summed E-state index contributed by atoms with van der Waals surface area (Å²) in [5.74, 6) is 2.47. The molecular formula is C18H31NOS. The maximum Gasteiger partial charge on any atom is 0.0560 e. The van der Waals surface area contributed by atoms with E-state index in [1.807, 2.05) is 11.8 Å². The summed E-state index contributed by atoms with van der Waals surface area (Å²) in [4.78, 5) is 1.33. The van der Waals surface area contributed by atoms with Crippen molar-refractivity contribution >= 4 is 11.8 Å². The van der Waals surface area contributed by atoms with Gasteiger partial charge in [-0.2, -0.15) is 0 Å². The van der Waals surface area contributed by atoms with Gasteiger partial charge < -0.3 is 10.1 Å². The van der Waals surface area contributed by atoms with Gasteiger partial charge in [-0.3, -0.25) is 0 Å². The fourth-order valence-corrected chi connectivity index (χ4v) is 2.61. The molecule has 3 heteroatoms. The molecule has 0 spiro atoms. The van der Waals surface area contributed by atoms with Crippen molar-refractivity contribution in [2.24, 2.45) is 11.8 Å². The van der Waals surface area contributed by atoms with Crippen molar-refractivity contribution in [3.63, 3.8) is 0 Å². The molecule has 1 aromatic carbocycles. The number of rotatable bonds is 11. The Balaban J connectivity index is 2.13. The Morgan fingerprint density at radius 3 is 2.33 bits per heavy atom. The first-order valence-corrected chi connectivity index (χ1v) is 9.06. The number of ether oxygens (including phenoxy) is 1. The molecular weight excluding hydrogens is 278 g/mol. The van der Waals surface area contributed by atoms with E-state index in [0.717, 1.165) is 44.4 Å². The highest BCUT2D eigenvalue weighted by atomic mass is 32.2. The number of benzene rings is 1. The molecule has 0 fully saturated rings. The average Bonchev–Trinajstić information content (AvgIpc) is 2.43. The van der Waals surface area contributed by atoms with Gasteiger partial charge in [0, 0.05) is 23.8 Å². The molecule has 1 rings (SSSR count). The Morgan fingerprint density at radius 1 is 1.00 bits per heavy atom. The average molecular weight is 310 g/mol. The van der Waals surface area contributed by atoms with Crippen molar-refractivity contribution in [2.45, 2.75) is 45.6 Å². The summed E-state index contributed by atoms with van der Waals surface area (Å²) in [6.45, 7) is 12.7. The van der Waals surface area contributed by atoms with E-state index >= 15 is 0 Å². The van der Waals surface area contributed by atoms with E-state index in [0.29, 0.717) is 5.92 Å². The van der Waals surface area contributed by atoms with Crippen molar-refractivity contribution in [1.29, 1.82) is 0 Å². The van der Waals surface area contributed by atoms with Crippen molar-refractivity contribution in [1.82, 2.24) is 5.32 Å². The lowest BCUT2D eigenvalue weighted by molar-refractivity contribution is 0.138. The molecule has 0 bridgehead atoms. The molecule has 0 saturated carbocycles. The molecule has 0 heterocycles. The Bertz CT molecular complexity index is 362. The molecule has 1 aromatic rings. The molecule has 0 unspecified atom stereocenters. The molecule has 0 radical (unpaired) electrons. The molecule has 0 amide bonds. The predicted molar refractivity (Wildman–Crippen MR) is 94.0 cm³/mol. The third kappa shape index (κ3) is 9.94. The van der Waals surface area contributed by atoms with E-state index < -0.39 is 0 Å². The van der Waals surface area contributed by atoms with Gasteiger partial charge in [0.05, 0.1) is 6.61 Å². The van der Waals surface area contributed by atoms with Crippen LogP contribution in [0, 0.1) is 11.8 Å².